The van der Waals surface area contributed by atoms with E-state index in [-0.39, 0.29) is 0 Å². The molecule has 0 spiro atoms. The molecule has 116 valence electrons. The maximum Gasteiger partial charge on any atom is 0.170 e. The molecule has 0 aliphatic heterocycles. The van der Waals surface area contributed by atoms with Gasteiger partial charge in [0.25, 0.3) is 0 Å². The van der Waals surface area contributed by atoms with E-state index < -0.39 is 8.07 Å². The molecule has 0 atom stereocenters. The summed E-state index contributed by atoms with van der Waals surface area (Å²) in [7, 11) is -1.02. The highest BCUT2D eigenvalue weighted by Gasteiger charge is 2.13. The SMILES string of the molecule is CSc1nc(-c2cc(Br)cs2)cn1COCC[Si](C)(C)C. The van der Waals surface area contributed by atoms with Crippen LogP contribution in [0.2, 0.25) is 25.7 Å². The van der Waals surface area contributed by atoms with Gasteiger partial charge in [0.15, 0.2) is 5.16 Å². The third-order valence-electron chi connectivity index (χ3n) is 2.97. The highest BCUT2D eigenvalue weighted by atomic mass is 79.9. The lowest BCUT2D eigenvalue weighted by Gasteiger charge is -2.15. The Morgan fingerprint density at radius 1 is 1.43 bits per heavy atom. The number of imidazole rings is 1. The van der Waals surface area contributed by atoms with E-state index in [0.29, 0.717) is 6.73 Å². The third-order valence-corrected chi connectivity index (χ3v) is 7.08. The number of halogens is 1. The zero-order chi connectivity index (χ0) is 15.5. The van der Waals surface area contributed by atoms with Crippen LogP contribution in [0.4, 0.5) is 0 Å². The van der Waals surface area contributed by atoms with Crippen LogP contribution in [0.5, 0.6) is 0 Å². The van der Waals surface area contributed by atoms with Gasteiger partial charge in [-0.2, -0.15) is 0 Å². The molecule has 7 heteroatoms. The topological polar surface area (TPSA) is 27.1 Å². The molecular weight excluding hydrogens is 384 g/mol. The number of nitrogens with zero attached hydrogens (tertiary/aromatic N) is 2. The van der Waals surface area contributed by atoms with Gasteiger partial charge in [0.05, 0.1) is 10.6 Å². The van der Waals surface area contributed by atoms with Gasteiger partial charge in [-0.15, -0.1) is 11.3 Å². The first-order valence-electron chi connectivity index (χ1n) is 6.82. The average molecular weight is 405 g/mol. The highest BCUT2D eigenvalue weighted by molar-refractivity contribution is 9.10. The summed E-state index contributed by atoms with van der Waals surface area (Å²) in [5.74, 6) is 0. The Bertz CT molecular complexity index is 592. The Morgan fingerprint density at radius 3 is 2.76 bits per heavy atom. The second kappa shape index (κ2) is 7.46. The standard InChI is InChI=1S/C14H21BrN2OS2Si/c1-19-14-16-12(13-7-11(15)9-20-13)8-17(14)10-18-5-6-21(2,3)4/h7-9H,5-6,10H2,1-4H3. The number of ether oxygens (including phenoxy) is 1. The molecule has 2 rings (SSSR count). The van der Waals surface area contributed by atoms with Gasteiger partial charge in [-0.3, -0.25) is 0 Å². The lowest BCUT2D eigenvalue weighted by atomic mass is 10.4. The van der Waals surface area contributed by atoms with Crippen LogP contribution in [0.3, 0.4) is 0 Å². The zero-order valence-electron chi connectivity index (χ0n) is 12.9. The molecule has 0 saturated carbocycles. The van der Waals surface area contributed by atoms with Crippen LogP contribution in [0.15, 0.2) is 27.3 Å². The van der Waals surface area contributed by atoms with Crippen molar-refractivity contribution in [1.82, 2.24) is 9.55 Å². The number of hydrogen-bond acceptors (Lipinski definition) is 4. The fourth-order valence-electron chi connectivity index (χ4n) is 1.76. The smallest absolute Gasteiger partial charge is 0.170 e. The van der Waals surface area contributed by atoms with Gasteiger partial charge in [0.1, 0.15) is 6.73 Å². The van der Waals surface area contributed by atoms with Gasteiger partial charge in [0.2, 0.25) is 0 Å². The number of rotatable bonds is 7. The summed E-state index contributed by atoms with van der Waals surface area (Å²) < 4.78 is 9.03. The van der Waals surface area contributed by atoms with Crippen LogP contribution in [0, 0.1) is 0 Å². The third kappa shape index (κ3) is 5.24. The minimum Gasteiger partial charge on any atom is -0.361 e. The van der Waals surface area contributed by atoms with Crippen molar-refractivity contribution in [3.8, 4) is 10.6 Å². The van der Waals surface area contributed by atoms with Crippen molar-refractivity contribution in [2.45, 2.75) is 37.6 Å². The summed E-state index contributed by atoms with van der Waals surface area (Å²) in [5.41, 5.74) is 1.02. The Morgan fingerprint density at radius 2 is 2.19 bits per heavy atom. The van der Waals surface area contributed by atoms with E-state index in [9.17, 15) is 0 Å². The van der Waals surface area contributed by atoms with Gasteiger partial charge in [-0.05, 0) is 34.3 Å². The number of thioether (sulfide) groups is 1. The van der Waals surface area contributed by atoms with E-state index in [1.165, 1.54) is 10.9 Å². The summed E-state index contributed by atoms with van der Waals surface area (Å²) in [4.78, 5) is 5.86. The molecule has 0 bridgehead atoms. The van der Waals surface area contributed by atoms with E-state index in [0.717, 1.165) is 21.9 Å². The predicted molar refractivity (Wildman–Crippen MR) is 99.1 cm³/mol. The Labute approximate surface area is 144 Å². The summed E-state index contributed by atoms with van der Waals surface area (Å²) >= 11 is 6.85. The summed E-state index contributed by atoms with van der Waals surface area (Å²) in [6, 6.07) is 3.30. The maximum absolute atomic E-state index is 5.83. The van der Waals surface area contributed by atoms with E-state index >= 15 is 0 Å². The average Bonchev–Trinajstić information content (AvgIpc) is 2.99. The monoisotopic (exact) mass is 404 g/mol. The second-order valence-corrected chi connectivity index (χ2v) is 14.3. The van der Waals surface area contributed by atoms with E-state index in [2.05, 4.69) is 69.0 Å². The predicted octanol–water partition coefficient (Wildman–Crippen LogP) is 5.41. The second-order valence-electron chi connectivity index (χ2n) is 6.06. The van der Waals surface area contributed by atoms with Crippen molar-refractivity contribution in [3.05, 3.63) is 22.1 Å². The molecule has 0 saturated heterocycles. The molecule has 0 unspecified atom stereocenters. The minimum atomic E-state index is -1.02. The molecule has 2 aromatic heterocycles. The van der Waals surface area contributed by atoms with Crippen LogP contribution < -0.4 is 0 Å². The lowest BCUT2D eigenvalue weighted by Crippen LogP contribution is -2.22. The summed E-state index contributed by atoms with van der Waals surface area (Å²) in [6.07, 6.45) is 4.13. The van der Waals surface area contributed by atoms with Crippen molar-refractivity contribution in [3.63, 3.8) is 0 Å². The quantitative estimate of drug-likeness (QED) is 0.350. The van der Waals surface area contributed by atoms with Gasteiger partial charge < -0.3 is 9.30 Å². The fraction of sp³-hybridized carbons (Fsp3) is 0.500. The zero-order valence-corrected chi connectivity index (χ0v) is 17.1. The maximum atomic E-state index is 5.83. The summed E-state index contributed by atoms with van der Waals surface area (Å²) in [5, 5.41) is 3.08. The normalized spacial score (nSPS) is 12.0. The molecule has 21 heavy (non-hydrogen) atoms. The number of aromatic nitrogens is 2. The first-order chi connectivity index (χ1) is 9.89. The van der Waals surface area contributed by atoms with Crippen LogP contribution in [-0.2, 0) is 11.5 Å². The van der Waals surface area contributed by atoms with Crippen molar-refractivity contribution in [2.24, 2.45) is 0 Å². The summed E-state index contributed by atoms with van der Waals surface area (Å²) in [6.45, 7) is 8.52. The van der Waals surface area contributed by atoms with Crippen molar-refractivity contribution in [2.75, 3.05) is 12.9 Å². The van der Waals surface area contributed by atoms with E-state index in [1.54, 1.807) is 23.1 Å². The van der Waals surface area contributed by atoms with Gasteiger partial charge in [0, 0.05) is 30.7 Å². The van der Waals surface area contributed by atoms with E-state index in [4.69, 9.17) is 4.74 Å². The Kier molecular flexibility index (Phi) is 6.13. The molecule has 0 fully saturated rings. The highest BCUT2D eigenvalue weighted by Crippen LogP contribution is 2.30. The molecular formula is C14H21BrN2OS2Si. The molecule has 0 N–H and O–H groups in total. The first kappa shape index (κ1) is 17.3. The molecule has 0 amide bonds. The largest absolute Gasteiger partial charge is 0.361 e. The molecule has 0 radical (unpaired) electrons. The van der Waals surface area contributed by atoms with Gasteiger partial charge in [-0.25, -0.2) is 4.98 Å². The minimum absolute atomic E-state index is 0.584. The van der Waals surface area contributed by atoms with Gasteiger partial charge >= 0.3 is 0 Å². The van der Waals surface area contributed by atoms with Crippen molar-refractivity contribution >= 4 is 47.1 Å². The number of thiophene rings is 1. The fourth-order valence-corrected chi connectivity index (χ4v) is 4.43. The molecule has 0 aromatic carbocycles. The van der Waals surface area contributed by atoms with Crippen LogP contribution >= 0.6 is 39.0 Å². The molecule has 2 heterocycles. The van der Waals surface area contributed by atoms with Gasteiger partial charge in [-0.1, -0.05) is 31.4 Å². The Balaban J connectivity index is 2.01. The molecule has 0 aliphatic rings. The van der Waals surface area contributed by atoms with Crippen molar-refractivity contribution < 1.29 is 4.74 Å². The van der Waals surface area contributed by atoms with Crippen LogP contribution in [0.25, 0.3) is 10.6 Å². The van der Waals surface area contributed by atoms with Crippen LogP contribution in [0.1, 0.15) is 0 Å². The molecule has 2 aromatic rings. The number of hydrogen-bond donors (Lipinski definition) is 0. The van der Waals surface area contributed by atoms with E-state index in [1.807, 2.05) is 0 Å². The Hall–Kier alpha value is -0.0831. The molecule has 0 aliphatic carbocycles. The first-order valence-corrected chi connectivity index (χ1v) is 13.4. The van der Waals surface area contributed by atoms with Crippen LogP contribution in [-0.4, -0.2) is 30.5 Å². The lowest BCUT2D eigenvalue weighted by molar-refractivity contribution is 0.0814. The molecule has 3 nitrogen and oxygen atoms in total. The van der Waals surface area contributed by atoms with Crippen molar-refractivity contribution in [1.29, 1.82) is 0 Å².